The molecule has 0 aliphatic carbocycles. The molecule has 4 nitrogen and oxygen atoms in total. The van der Waals surface area contributed by atoms with Gasteiger partial charge in [0.1, 0.15) is 5.75 Å². The lowest BCUT2D eigenvalue weighted by molar-refractivity contribution is -0.264. The van der Waals surface area contributed by atoms with E-state index in [2.05, 4.69) is 0 Å². The lowest BCUT2D eigenvalue weighted by atomic mass is 10.1. The molecule has 1 fully saturated rings. The molecule has 0 aromatic heterocycles. The summed E-state index contributed by atoms with van der Waals surface area (Å²) in [5.74, 6) is 0.298. The Labute approximate surface area is 107 Å². The van der Waals surface area contributed by atoms with Gasteiger partial charge in [-0.1, -0.05) is 12.1 Å². The summed E-state index contributed by atoms with van der Waals surface area (Å²) in [6, 6.07) is 7.18. The van der Waals surface area contributed by atoms with Gasteiger partial charge in [0.05, 0.1) is 25.4 Å². The van der Waals surface area contributed by atoms with E-state index in [0.717, 1.165) is 6.29 Å². The van der Waals surface area contributed by atoms with Crippen molar-refractivity contribution in [3.63, 3.8) is 0 Å². The molecular weight excluding hydrogens is 232 g/mol. The van der Waals surface area contributed by atoms with E-state index in [0.29, 0.717) is 31.1 Å². The van der Waals surface area contributed by atoms with E-state index in [9.17, 15) is 4.79 Å². The Morgan fingerprint density at radius 2 is 2.00 bits per heavy atom. The van der Waals surface area contributed by atoms with Crippen LogP contribution in [-0.2, 0) is 9.47 Å². The first-order chi connectivity index (χ1) is 8.61. The van der Waals surface area contributed by atoms with Crippen molar-refractivity contribution >= 4 is 6.29 Å². The molecule has 0 N–H and O–H groups in total. The van der Waals surface area contributed by atoms with Crippen LogP contribution >= 0.6 is 0 Å². The van der Waals surface area contributed by atoms with Gasteiger partial charge in [-0.2, -0.15) is 0 Å². The molecule has 1 aromatic rings. The van der Waals surface area contributed by atoms with Crippen LogP contribution in [0.3, 0.4) is 0 Å². The minimum atomic E-state index is -0.503. The molecule has 2 rings (SSSR count). The Morgan fingerprint density at radius 1 is 1.33 bits per heavy atom. The van der Waals surface area contributed by atoms with Crippen molar-refractivity contribution in [2.75, 3.05) is 19.8 Å². The lowest BCUT2D eigenvalue weighted by Gasteiger charge is -2.34. The van der Waals surface area contributed by atoms with E-state index in [-0.39, 0.29) is 5.92 Å². The van der Waals surface area contributed by atoms with Crippen LogP contribution in [0.15, 0.2) is 24.3 Å². The Balaban J connectivity index is 1.87. The SMILES string of the molecule is CC1(C)OCC(COc2ccccc2C=O)CO1. The number of para-hydroxylation sites is 1. The van der Waals surface area contributed by atoms with Crippen molar-refractivity contribution in [3.8, 4) is 5.75 Å². The van der Waals surface area contributed by atoms with Crippen molar-refractivity contribution < 1.29 is 19.0 Å². The second-order valence-electron chi connectivity index (χ2n) is 4.85. The highest BCUT2D eigenvalue weighted by Crippen LogP contribution is 2.22. The number of aldehydes is 1. The Morgan fingerprint density at radius 3 is 2.67 bits per heavy atom. The van der Waals surface area contributed by atoms with Crippen LogP contribution in [0.2, 0.25) is 0 Å². The maximum atomic E-state index is 10.8. The normalized spacial score (nSPS) is 19.4. The van der Waals surface area contributed by atoms with Crippen molar-refractivity contribution in [1.29, 1.82) is 0 Å². The van der Waals surface area contributed by atoms with Crippen LogP contribution < -0.4 is 4.74 Å². The highest BCUT2D eigenvalue weighted by atomic mass is 16.7. The van der Waals surface area contributed by atoms with E-state index in [1.807, 2.05) is 26.0 Å². The summed E-state index contributed by atoms with van der Waals surface area (Å²) in [7, 11) is 0. The molecule has 1 aromatic carbocycles. The van der Waals surface area contributed by atoms with E-state index in [4.69, 9.17) is 14.2 Å². The molecule has 0 amide bonds. The number of benzene rings is 1. The predicted octanol–water partition coefficient (Wildman–Crippen LogP) is 2.28. The molecule has 1 aliphatic heterocycles. The molecule has 1 aliphatic rings. The summed E-state index contributed by atoms with van der Waals surface area (Å²) in [5.41, 5.74) is 0.565. The molecule has 18 heavy (non-hydrogen) atoms. The first-order valence-electron chi connectivity index (χ1n) is 6.05. The van der Waals surface area contributed by atoms with Gasteiger partial charge < -0.3 is 14.2 Å². The molecule has 0 saturated carbocycles. The standard InChI is InChI=1S/C14H18O4/c1-14(2)17-9-11(10-18-14)8-16-13-6-4-3-5-12(13)7-15/h3-7,11H,8-10H2,1-2H3. The Kier molecular flexibility index (Phi) is 3.99. The van der Waals surface area contributed by atoms with Crippen LogP contribution in [0, 0.1) is 5.92 Å². The van der Waals surface area contributed by atoms with Gasteiger partial charge >= 0.3 is 0 Å². The number of hydrogen-bond acceptors (Lipinski definition) is 4. The number of rotatable bonds is 4. The molecule has 1 saturated heterocycles. The van der Waals surface area contributed by atoms with Gasteiger partial charge in [-0.3, -0.25) is 4.79 Å². The van der Waals surface area contributed by atoms with Crippen molar-refractivity contribution in [2.24, 2.45) is 5.92 Å². The summed E-state index contributed by atoms with van der Waals surface area (Å²) in [5, 5.41) is 0. The summed E-state index contributed by atoms with van der Waals surface area (Å²) in [6.07, 6.45) is 0.798. The van der Waals surface area contributed by atoms with Crippen LogP contribution in [0.1, 0.15) is 24.2 Å². The molecule has 0 bridgehead atoms. The number of carbonyl (C=O) groups excluding carboxylic acids is 1. The molecule has 0 unspecified atom stereocenters. The fourth-order valence-electron chi connectivity index (χ4n) is 1.74. The van der Waals surface area contributed by atoms with Gasteiger partial charge in [0.15, 0.2) is 12.1 Å². The van der Waals surface area contributed by atoms with E-state index >= 15 is 0 Å². The minimum Gasteiger partial charge on any atom is -0.492 e. The Hall–Kier alpha value is -1.39. The molecular formula is C14H18O4. The zero-order valence-electron chi connectivity index (χ0n) is 10.7. The number of hydrogen-bond donors (Lipinski definition) is 0. The van der Waals surface area contributed by atoms with Crippen LogP contribution in [-0.4, -0.2) is 31.9 Å². The zero-order valence-corrected chi connectivity index (χ0v) is 10.7. The smallest absolute Gasteiger partial charge is 0.162 e. The fraction of sp³-hybridized carbons (Fsp3) is 0.500. The van der Waals surface area contributed by atoms with E-state index in [1.54, 1.807) is 12.1 Å². The highest BCUT2D eigenvalue weighted by molar-refractivity contribution is 5.79. The minimum absolute atomic E-state index is 0.192. The molecule has 98 valence electrons. The maximum absolute atomic E-state index is 10.8. The second kappa shape index (κ2) is 5.50. The summed E-state index contributed by atoms with van der Waals surface area (Å²) < 4.78 is 16.7. The van der Waals surface area contributed by atoms with Crippen molar-refractivity contribution in [1.82, 2.24) is 0 Å². The van der Waals surface area contributed by atoms with E-state index in [1.165, 1.54) is 0 Å². The fourth-order valence-corrected chi connectivity index (χ4v) is 1.74. The molecule has 0 atom stereocenters. The third-order valence-electron chi connectivity index (χ3n) is 2.85. The highest BCUT2D eigenvalue weighted by Gasteiger charge is 2.28. The van der Waals surface area contributed by atoms with Crippen LogP contribution in [0.4, 0.5) is 0 Å². The molecule has 4 heteroatoms. The first-order valence-corrected chi connectivity index (χ1v) is 6.05. The van der Waals surface area contributed by atoms with Gasteiger partial charge in [0, 0.05) is 5.92 Å². The second-order valence-corrected chi connectivity index (χ2v) is 4.85. The van der Waals surface area contributed by atoms with Crippen LogP contribution in [0.25, 0.3) is 0 Å². The number of carbonyl (C=O) groups is 1. The molecule has 0 spiro atoms. The zero-order chi connectivity index (χ0) is 13.0. The van der Waals surface area contributed by atoms with Gasteiger partial charge in [0.25, 0.3) is 0 Å². The Bertz CT molecular complexity index is 404. The topological polar surface area (TPSA) is 44.8 Å². The van der Waals surface area contributed by atoms with Gasteiger partial charge in [-0.05, 0) is 26.0 Å². The summed E-state index contributed by atoms with van der Waals surface area (Å²) >= 11 is 0. The third-order valence-corrected chi connectivity index (χ3v) is 2.85. The van der Waals surface area contributed by atoms with Gasteiger partial charge in [-0.15, -0.1) is 0 Å². The average molecular weight is 250 g/mol. The quantitative estimate of drug-likeness (QED) is 0.769. The summed E-state index contributed by atoms with van der Waals surface area (Å²) in [6.45, 7) is 5.49. The molecule has 0 radical (unpaired) electrons. The third kappa shape index (κ3) is 3.31. The van der Waals surface area contributed by atoms with Gasteiger partial charge in [0.2, 0.25) is 0 Å². The average Bonchev–Trinajstić information content (AvgIpc) is 2.38. The van der Waals surface area contributed by atoms with E-state index < -0.39 is 5.79 Å². The molecule has 1 heterocycles. The predicted molar refractivity (Wildman–Crippen MR) is 66.8 cm³/mol. The first kappa shape index (κ1) is 13.1. The maximum Gasteiger partial charge on any atom is 0.162 e. The monoisotopic (exact) mass is 250 g/mol. The number of ether oxygens (including phenoxy) is 3. The van der Waals surface area contributed by atoms with Crippen molar-refractivity contribution in [2.45, 2.75) is 19.6 Å². The summed E-state index contributed by atoms with van der Waals surface area (Å²) in [4.78, 5) is 10.8. The lowest BCUT2D eigenvalue weighted by Crippen LogP contribution is -2.41. The van der Waals surface area contributed by atoms with Gasteiger partial charge in [-0.25, -0.2) is 0 Å². The van der Waals surface area contributed by atoms with Crippen LogP contribution in [0.5, 0.6) is 5.75 Å². The van der Waals surface area contributed by atoms with Crippen molar-refractivity contribution in [3.05, 3.63) is 29.8 Å². The largest absolute Gasteiger partial charge is 0.492 e.